The molecule has 3 aromatic carbocycles. The number of benzene rings is 3. The number of aryl methyl sites for hydroxylation is 1. The van der Waals surface area contributed by atoms with Crippen LogP contribution in [0.3, 0.4) is 0 Å². The summed E-state index contributed by atoms with van der Waals surface area (Å²) >= 11 is 0. The summed E-state index contributed by atoms with van der Waals surface area (Å²) in [5.41, 5.74) is 6.92. The third-order valence-electron chi connectivity index (χ3n) is 4.99. The van der Waals surface area contributed by atoms with Crippen LogP contribution in [0.1, 0.15) is 5.69 Å². The molecule has 0 saturated heterocycles. The Bertz CT molecular complexity index is 1220. The van der Waals surface area contributed by atoms with E-state index < -0.39 is 0 Å². The van der Waals surface area contributed by atoms with Crippen molar-refractivity contribution in [2.45, 2.75) is 6.92 Å². The Morgan fingerprint density at radius 2 is 1.23 bits per heavy atom. The van der Waals surface area contributed by atoms with Crippen LogP contribution in [0, 0.1) is 6.92 Å². The largest absolute Gasteiger partial charge is 0.236 e. The van der Waals surface area contributed by atoms with Gasteiger partial charge in [0.1, 0.15) is 0 Å². The quantitative estimate of drug-likeness (QED) is 0.379. The molecular weight excluding hydrogens is 316 g/mol. The highest BCUT2D eigenvalue weighted by atomic mass is 15.2. The minimum Gasteiger partial charge on any atom is -0.236 e. The lowest BCUT2D eigenvalue weighted by Crippen LogP contribution is -1.98. The van der Waals surface area contributed by atoms with Crippen LogP contribution >= 0.6 is 0 Å². The van der Waals surface area contributed by atoms with Gasteiger partial charge in [-0.15, -0.1) is 0 Å². The second-order valence-electron chi connectivity index (χ2n) is 6.56. The van der Waals surface area contributed by atoms with Gasteiger partial charge in [-0.3, -0.25) is 0 Å². The molecule has 26 heavy (non-hydrogen) atoms. The summed E-state index contributed by atoms with van der Waals surface area (Å²) in [4.78, 5) is 0. The summed E-state index contributed by atoms with van der Waals surface area (Å²) in [7, 11) is 0. The van der Waals surface area contributed by atoms with Gasteiger partial charge in [0, 0.05) is 22.2 Å². The maximum atomic E-state index is 4.94. The van der Waals surface area contributed by atoms with E-state index in [1.807, 2.05) is 6.07 Å². The predicted octanol–water partition coefficient (Wildman–Crippen LogP) is 6.13. The van der Waals surface area contributed by atoms with Crippen LogP contribution in [0.4, 0.5) is 0 Å². The average Bonchev–Trinajstić information content (AvgIpc) is 3.16. The van der Waals surface area contributed by atoms with Crippen LogP contribution in [0.15, 0.2) is 91.0 Å². The lowest BCUT2D eigenvalue weighted by atomic mass is 9.97. The Morgan fingerprint density at radius 1 is 0.654 bits per heavy atom. The van der Waals surface area contributed by atoms with Crippen LogP contribution < -0.4 is 0 Å². The summed E-state index contributed by atoms with van der Waals surface area (Å²) in [5, 5.41) is 7.43. The molecular formula is C24H18N2. The predicted molar refractivity (Wildman–Crippen MR) is 108 cm³/mol. The Kier molecular flexibility index (Phi) is 3.36. The lowest BCUT2D eigenvalue weighted by Gasteiger charge is -2.13. The second-order valence-corrected chi connectivity index (χ2v) is 6.56. The van der Waals surface area contributed by atoms with Crippen LogP contribution in [-0.4, -0.2) is 9.61 Å². The highest BCUT2D eigenvalue weighted by Gasteiger charge is 2.15. The van der Waals surface area contributed by atoms with Gasteiger partial charge < -0.3 is 0 Å². The van der Waals surface area contributed by atoms with E-state index in [0.29, 0.717) is 0 Å². The topological polar surface area (TPSA) is 17.3 Å². The molecule has 0 aliphatic heterocycles. The van der Waals surface area contributed by atoms with E-state index in [9.17, 15) is 0 Å². The van der Waals surface area contributed by atoms with Gasteiger partial charge in [-0.05, 0) is 23.9 Å². The number of fused-ring (bicyclic) bond motifs is 3. The van der Waals surface area contributed by atoms with Gasteiger partial charge in [-0.25, -0.2) is 4.52 Å². The molecule has 2 heteroatoms. The zero-order chi connectivity index (χ0) is 17.5. The highest BCUT2D eigenvalue weighted by molar-refractivity contribution is 6.06. The first-order valence-electron chi connectivity index (χ1n) is 8.85. The second kappa shape index (κ2) is 5.85. The molecule has 0 aliphatic carbocycles. The minimum atomic E-state index is 1.00. The van der Waals surface area contributed by atoms with Crippen molar-refractivity contribution in [3.05, 3.63) is 96.7 Å². The molecule has 2 nitrogen and oxygen atoms in total. The Balaban J connectivity index is 1.90. The average molecular weight is 334 g/mol. The van der Waals surface area contributed by atoms with Gasteiger partial charge in [0.05, 0.1) is 11.2 Å². The molecule has 5 rings (SSSR count). The molecule has 2 heterocycles. The van der Waals surface area contributed by atoms with Gasteiger partial charge in [0.15, 0.2) is 0 Å². The monoisotopic (exact) mass is 334 g/mol. The van der Waals surface area contributed by atoms with Crippen molar-refractivity contribution in [1.29, 1.82) is 0 Å². The van der Waals surface area contributed by atoms with Gasteiger partial charge in [0.25, 0.3) is 0 Å². The first-order chi connectivity index (χ1) is 12.8. The molecule has 0 amide bonds. The van der Waals surface area contributed by atoms with Crippen molar-refractivity contribution in [3.63, 3.8) is 0 Å². The summed E-state index contributed by atoms with van der Waals surface area (Å²) < 4.78 is 2.09. The van der Waals surface area contributed by atoms with Crippen LogP contribution in [-0.2, 0) is 0 Å². The maximum Gasteiger partial charge on any atom is 0.0934 e. The molecule has 0 radical (unpaired) electrons. The van der Waals surface area contributed by atoms with Gasteiger partial charge in [0.2, 0.25) is 0 Å². The maximum absolute atomic E-state index is 4.94. The molecule has 0 bridgehead atoms. The van der Waals surface area contributed by atoms with E-state index in [2.05, 4.69) is 96.4 Å². The SMILES string of the molecule is Cc1c(-c2ccccc2)c2ccccc2c2cc(-c3ccccc3)nn12. The first-order valence-corrected chi connectivity index (χ1v) is 8.85. The number of aromatic nitrogens is 2. The van der Waals surface area contributed by atoms with E-state index >= 15 is 0 Å². The highest BCUT2D eigenvalue weighted by Crippen LogP contribution is 2.35. The van der Waals surface area contributed by atoms with E-state index in [-0.39, 0.29) is 0 Å². The zero-order valence-electron chi connectivity index (χ0n) is 14.6. The third kappa shape index (κ3) is 2.23. The number of rotatable bonds is 2. The first kappa shape index (κ1) is 14.9. The van der Waals surface area contributed by atoms with Crippen molar-refractivity contribution in [2.24, 2.45) is 0 Å². The molecule has 0 N–H and O–H groups in total. The molecule has 0 fully saturated rings. The fourth-order valence-corrected chi connectivity index (χ4v) is 3.77. The molecule has 5 aromatic rings. The minimum absolute atomic E-state index is 1.00. The molecule has 0 atom stereocenters. The van der Waals surface area contributed by atoms with Crippen molar-refractivity contribution < 1.29 is 0 Å². The summed E-state index contributed by atoms with van der Waals surface area (Å²) in [6, 6.07) is 31.7. The van der Waals surface area contributed by atoms with Gasteiger partial charge in [-0.1, -0.05) is 84.9 Å². The zero-order valence-corrected chi connectivity index (χ0v) is 14.6. The van der Waals surface area contributed by atoms with E-state index in [1.54, 1.807) is 0 Å². The fourth-order valence-electron chi connectivity index (χ4n) is 3.77. The van der Waals surface area contributed by atoms with Crippen molar-refractivity contribution in [1.82, 2.24) is 9.61 Å². The normalized spacial score (nSPS) is 11.3. The molecule has 0 saturated carbocycles. The smallest absolute Gasteiger partial charge is 0.0934 e. The number of hydrogen-bond donors (Lipinski definition) is 0. The fraction of sp³-hybridized carbons (Fsp3) is 0.0417. The summed E-state index contributed by atoms with van der Waals surface area (Å²) in [6.45, 7) is 2.16. The summed E-state index contributed by atoms with van der Waals surface area (Å²) in [6.07, 6.45) is 0. The summed E-state index contributed by atoms with van der Waals surface area (Å²) in [5.74, 6) is 0. The van der Waals surface area contributed by atoms with Crippen LogP contribution in [0.25, 0.3) is 38.7 Å². The molecule has 0 spiro atoms. The van der Waals surface area contributed by atoms with Gasteiger partial charge >= 0.3 is 0 Å². The number of pyridine rings is 1. The van der Waals surface area contributed by atoms with E-state index in [1.165, 1.54) is 21.9 Å². The molecule has 0 aliphatic rings. The molecule has 124 valence electrons. The Hall–Kier alpha value is -3.39. The molecule has 0 unspecified atom stereocenters. The van der Waals surface area contributed by atoms with Crippen LogP contribution in [0.2, 0.25) is 0 Å². The third-order valence-corrected chi connectivity index (χ3v) is 4.99. The van der Waals surface area contributed by atoms with E-state index in [4.69, 9.17) is 5.10 Å². The lowest BCUT2D eigenvalue weighted by molar-refractivity contribution is 0.926. The Labute approximate surface area is 152 Å². The van der Waals surface area contributed by atoms with Crippen LogP contribution in [0.5, 0.6) is 0 Å². The van der Waals surface area contributed by atoms with Crippen molar-refractivity contribution >= 4 is 16.3 Å². The Morgan fingerprint density at radius 3 is 1.92 bits per heavy atom. The molecule has 2 aromatic heterocycles. The van der Waals surface area contributed by atoms with Crippen molar-refractivity contribution in [2.75, 3.05) is 0 Å². The van der Waals surface area contributed by atoms with Crippen molar-refractivity contribution in [3.8, 4) is 22.4 Å². The standard InChI is InChI=1S/C24H18N2/c1-17-24(19-12-6-3-7-13-19)21-15-9-8-14-20(21)23-16-22(25-26(17)23)18-10-4-2-5-11-18/h2-16H,1H3. The number of hydrogen-bond acceptors (Lipinski definition) is 1. The number of nitrogens with zero attached hydrogens (tertiary/aromatic N) is 2. The van der Waals surface area contributed by atoms with E-state index in [0.717, 1.165) is 22.5 Å². The van der Waals surface area contributed by atoms with Gasteiger partial charge in [-0.2, -0.15) is 5.10 Å².